The summed E-state index contributed by atoms with van der Waals surface area (Å²) in [5, 5.41) is 0. The van der Waals surface area contributed by atoms with Crippen molar-refractivity contribution >= 4 is 8.03 Å². The summed E-state index contributed by atoms with van der Waals surface area (Å²) in [6.07, 6.45) is 5.65. The van der Waals surface area contributed by atoms with Crippen LogP contribution in [-0.2, 0) is 4.57 Å². The summed E-state index contributed by atoms with van der Waals surface area (Å²) in [4.78, 5) is 8.69. The molecule has 1 N–H and O–H groups in total. The Labute approximate surface area is 109 Å². The minimum absolute atomic E-state index is 0. The van der Waals surface area contributed by atoms with Gasteiger partial charge in [0.25, 0.3) is 0 Å². The predicted molar refractivity (Wildman–Crippen MR) is 48.0 cm³/mol. The Morgan fingerprint density at radius 1 is 1.33 bits per heavy atom. The van der Waals surface area contributed by atoms with Crippen molar-refractivity contribution in [1.82, 2.24) is 0 Å². The van der Waals surface area contributed by atoms with Gasteiger partial charge in [0.2, 0.25) is 0 Å². The number of hydrogen-bond donors (Lipinski definition) is 1. The van der Waals surface area contributed by atoms with E-state index >= 15 is 0 Å². The van der Waals surface area contributed by atoms with Crippen molar-refractivity contribution in [2.75, 3.05) is 0 Å². The van der Waals surface area contributed by atoms with Gasteiger partial charge < -0.3 is 0 Å². The molecule has 0 aromatic heterocycles. The summed E-state index contributed by atoms with van der Waals surface area (Å²) in [5.74, 6) is 0. The van der Waals surface area contributed by atoms with E-state index in [1.165, 1.54) is 19.3 Å². The second-order valence-electron chi connectivity index (χ2n) is 3.00. The zero-order chi connectivity index (χ0) is 8.69. The predicted octanol–water partition coefficient (Wildman–Crippen LogP) is 3.08. The molecule has 0 aliphatic heterocycles. The van der Waals surface area contributed by atoms with Gasteiger partial charge in [-0.2, -0.15) is 4.89 Å². The molecule has 2 nitrogen and oxygen atoms in total. The number of unbranched alkanes of at least 4 members (excludes halogenated alkanes) is 3. The molecule has 12 heavy (non-hydrogen) atoms. The van der Waals surface area contributed by atoms with Crippen molar-refractivity contribution < 1.29 is 50.3 Å². The van der Waals surface area contributed by atoms with Crippen LogP contribution in [0.2, 0.25) is 0 Å². The Bertz CT molecular complexity index is 120. The third-order valence-corrected chi connectivity index (χ3v) is 2.86. The van der Waals surface area contributed by atoms with E-state index in [0.717, 1.165) is 12.8 Å². The molecule has 70 valence electrons. The molecule has 2 unspecified atom stereocenters. The van der Waals surface area contributed by atoms with Crippen LogP contribution in [0.15, 0.2) is 0 Å². The first-order valence-electron chi connectivity index (χ1n) is 4.33. The van der Waals surface area contributed by atoms with Gasteiger partial charge in [-0.3, -0.25) is 0 Å². The normalized spacial score (nSPS) is 13.4. The minimum Gasteiger partial charge on any atom is -0.161 e. The average Bonchev–Trinajstić information content (AvgIpc) is 1.97. The van der Waals surface area contributed by atoms with Crippen molar-refractivity contribution in [3.8, 4) is 0 Å². The van der Waals surface area contributed by atoms with E-state index in [0.29, 0.717) is 0 Å². The molecule has 0 aliphatic carbocycles. The van der Waals surface area contributed by atoms with Gasteiger partial charge in [-0.25, -0.2) is 0 Å². The second-order valence-corrected chi connectivity index (χ2v) is 4.49. The Kier molecular flexibility index (Phi) is 13.9. The molecule has 2 atom stereocenters. The monoisotopic (exact) mass is 319 g/mol. The van der Waals surface area contributed by atoms with Crippen LogP contribution >= 0.6 is 8.03 Å². The smallest absolute Gasteiger partial charge is 0.161 e. The summed E-state index contributed by atoms with van der Waals surface area (Å²) >= 11 is 0. The third-order valence-electron chi connectivity index (χ3n) is 1.85. The van der Waals surface area contributed by atoms with Crippen molar-refractivity contribution in [3.63, 3.8) is 0 Å². The standard InChI is InChI=1S/C8H17O2P.Nd/c1-3-4-5-6-7-8(2)11(9)10;/h8H,3-7H2,1-2H3;/p+1. The molecule has 0 amide bonds. The largest absolute Gasteiger partial charge is 0.508 e. The third kappa shape index (κ3) is 9.50. The Balaban J connectivity index is 0. The molecule has 0 aromatic rings. The quantitative estimate of drug-likeness (QED) is 0.603. The molecular weight excluding hydrogens is 303 g/mol. The van der Waals surface area contributed by atoms with Gasteiger partial charge in [0.15, 0.2) is 5.66 Å². The molecule has 0 bridgehead atoms. The fraction of sp³-hybridized carbons (Fsp3) is 1.00. The molecule has 4 heteroatoms. The first-order valence-corrected chi connectivity index (χ1v) is 5.62. The molecule has 0 heterocycles. The van der Waals surface area contributed by atoms with Crippen LogP contribution < -0.4 is 0 Å². The van der Waals surface area contributed by atoms with Crippen LogP contribution in [0, 0.1) is 40.8 Å². The maximum absolute atomic E-state index is 10.5. The molecule has 0 fully saturated rings. The minimum atomic E-state index is -1.93. The van der Waals surface area contributed by atoms with Crippen molar-refractivity contribution in [2.24, 2.45) is 0 Å². The number of hydrogen-bond acceptors (Lipinski definition) is 1. The molecule has 0 aromatic carbocycles. The fourth-order valence-electron chi connectivity index (χ4n) is 0.977. The van der Waals surface area contributed by atoms with E-state index in [-0.39, 0.29) is 46.5 Å². The zero-order valence-corrected chi connectivity index (χ0v) is 12.0. The van der Waals surface area contributed by atoms with E-state index in [4.69, 9.17) is 4.89 Å². The van der Waals surface area contributed by atoms with E-state index < -0.39 is 8.03 Å². The Hall–Kier alpha value is 1.41. The first-order chi connectivity index (χ1) is 5.18. The summed E-state index contributed by atoms with van der Waals surface area (Å²) < 4.78 is 10.5. The van der Waals surface area contributed by atoms with Crippen LogP contribution in [0.5, 0.6) is 0 Å². The van der Waals surface area contributed by atoms with Crippen LogP contribution in [0.3, 0.4) is 0 Å². The molecule has 0 saturated heterocycles. The van der Waals surface area contributed by atoms with Crippen LogP contribution in [0.1, 0.15) is 46.0 Å². The first kappa shape index (κ1) is 15.9. The number of rotatable bonds is 6. The molecular formula is C8H18NdO2P+. The molecule has 0 saturated carbocycles. The van der Waals surface area contributed by atoms with Crippen molar-refractivity contribution in [3.05, 3.63) is 0 Å². The topological polar surface area (TPSA) is 37.3 Å². The zero-order valence-electron chi connectivity index (χ0n) is 7.92. The van der Waals surface area contributed by atoms with Crippen LogP contribution in [0.25, 0.3) is 0 Å². The van der Waals surface area contributed by atoms with Gasteiger partial charge in [-0.15, -0.1) is 0 Å². The average molecular weight is 321 g/mol. The van der Waals surface area contributed by atoms with Crippen LogP contribution in [-0.4, -0.2) is 10.6 Å². The van der Waals surface area contributed by atoms with Gasteiger partial charge in [-0.05, 0) is 24.3 Å². The molecule has 0 spiro atoms. The van der Waals surface area contributed by atoms with E-state index in [1.807, 2.05) is 6.92 Å². The van der Waals surface area contributed by atoms with Gasteiger partial charge >= 0.3 is 8.03 Å². The molecule has 0 radical (unpaired) electrons. The Morgan fingerprint density at radius 2 is 1.92 bits per heavy atom. The second kappa shape index (κ2) is 10.5. The van der Waals surface area contributed by atoms with Gasteiger partial charge in [0, 0.05) is 40.8 Å². The maximum atomic E-state index is 10.5. The maximum Gasteiger partial charge on any atom is 0.508 e. The van der Waals surface area contributed by atoms with Crippen molar-refractivity contribution in [1.29, 1.82) is 0 Å². The van der Waals surface area contributed by atoms with Gasteiger partial charge in [0.1, 0.15) is 0 Å². The summed E-state index contributed by atoms with van der Waals surface area (Å²) in [6, 6.07) is 0. The van der Waals surface area contributed by atoms with E-state index in [1.54, 1.807) is 0 Å². The van der Waals surface area contributed by atoms with Crippen LogP contribution in [0.4, 0.5) is 0 Å². The van der Waals surface area contributed by atoms with E-state index in [9.17, 15) is 4.57 Å². The van der Waals surface area contributed by atoms with Gasteiger partial charge in [0.05, 0.1) is 0 Å². The molecule has 0 aliphatic rings. The summed E-state index contributed by atoms with van der Waals surface area (Å²) in [5.41, 5.74) is -0.0122. The van der Waals surface area contributed by atoms with Crippen molar-refractivity contribution in [2.45, 2.75) is 51.6 Å². The van der Waals surface area contributed by atoms with Gasteiger partial charge in [-0.1, -0.05) is 26.2 Å². The summed E-state index contributed by atoms with van der Waals surface area (Å²) in [6.45, 7) is 4.00. The summed E-state index contributed by atoms with van der Waals surface area (Å²) in [7, 11) is -1.93. The molecule has 0 rings (SSSR count). The Morgan fingerprint density at radius 3 is 2.33 bits per heavy atom. The SMILES string of the molecule is CCCCCCC(C)[P+](=O)O.[Nd]. The van der Waals surface area contributed by atoms with E-state index in [2.05, 4.69) is 6.92 Å². The fourth-order valence-corrected chi connectivity index (χ4v) is 1.38.